The van der Waals surface area contributed by atoms with Crippen molar-refractivity contribution in [2.45, 2.75) is 38.3 Å². The van der Waals surface area contributed by atoms with Gasteiger partial charge in [0.2, 0.25) is 0 Å². The van der Waals surface area contributed by atoms with Crippen molar-refractivity contribution < 1.29 is 0 Å². The van der Waals surface area contributed by atoms with Crippen LogP contribution in [0.4, 0.5) is 0 Å². The molecule has 1 N–H and O–H groups in total. The van der Waals surface area contributed by atoms with E-state index in [1.807, 2.05) is 11.3 Å². The predicted molar refractivity (Wildman–Crippen MR) is 68.1 cm³/mol. The summed E-state index contributed by atoms with van der Waals surface area (Å²) in [5.74, 6) is 1.99. The van der Waals surface area contributed by atoms with Gasteiger partial charge in [0, 0.05) is 21.9 Å². The normalized spacial score (nSPS) is 21.2. The molecule has 0 radical (unpaired) electrons. The van der Waals surface area contributed by atoms with Gasteiger partial charge in [0.1, 0.15) is 0 Å². The van der Waals surface area contributed by atoms with E-state index in [1.54, 1.807) is 0 Å². The number of thiophene rings is 1. The molecule has 0 saturated heterocycles. The van der Waals surface area contributed by atoms with E-state index in [4.69, 9.17) is 0 Å². The fraction of sp³-hybridized carbons (Fsp3) is 0.667. The molecule has 2 aliphatic rings. The second kappa shape index (κ2) is 4.19. The Morgan fingerprint density at radius 3 is 2.47 bits per heavy atom. The highest BCUT2D eigenvalue weighted by molar-refractivity contribution is 9.10. The topological polar surface area (TPSA) is 12.0 Å². The summed E-state index contributed by atoms with van der Waals surface area (Å²) in [4.78, 5) is 1.45. The smallest absolute Gasteiger partial charge is 0.0327 e. The molecule has 3 heteroatoms. The largest absolute Gasteiger partial charge is 0.309 e. The minimum atomic E-state index is 0.819. The fourth-order valence-electron chi connectivity index (χ4n) is 2.29. The molecular weight excluding hydrogens is 270 g/mol. The zero-order valence-corrected chi connectivity index (χ0v) is 11.1. The Morgan fingerprint density at radius 1 is 1.33 bits per heavy atom. The summed E-state index contributed by atoms with van der Waals surface area (Å²) in [6, 6.07) is 2.96. The molecule has 82 valence electrons. The van der Waals surface area contributed by atoms with Gasteiger partial charge in [-0.1, -0.05) is 0 Å². The molecule has 1 heterocycles. The fourth-order valence-corrected chi connectivity index (χ4v) is 3.73. The van der Waals surface area contributed by atoms with E-state index in [-0.39, 0.29) is 0 Å². The van der Waals surface area contributed by atoms with Gasteiger partial charge in [-0.15, -0.1) is 11.3 Å². The average molecular weight is 286 g/mol. The third kappa shape index (κ3) is 2.45. The molecule has 0 atom stereocenters. The van der Waals surface area contributed by atoms with Crippen molar-refractivity contribution in [1.82, 2.24) is 5.32 Å². The molecule has 0 amide bonds. The van der Waals surface area contributed by atoms with Crippen molar-refractivity contribution >= 4 is 27.3 Å². The first-order valence-corrected chi connectivity index (χ1v) is 7.47. The van der Waals surface area contributed by atoms with Gasteiger partial charge in [0.05, 0.1) is 0 Å². The van der Waals surface area contributed by atoms with E-state index in [1.165, 1.54) is 35.0 Å². The Bertz CT molecular complexity index is 329. The average Bonchev–Trinajstić information content (AvgIpc) is 3.11. The number of hydrogen-bond acceptors (Lipinski definition) is 2. The lowest BCUT2D eigenvalue weighted by Crippen LogP contribution is -2.32. The second-order valence-electron chi connectivity index (χ2n) is 4.77. The van der Waals surface area contributed by atoms with Crippen LogP contribution in [-0.4, -0.2) is 6.04 Å². The minimum Gasteiger partial charge on any atom is -0.309 e. The highest BCUT2D eigenvalue weighted by Crippen LogP contribution is 2.44. The number of nitrogens with one attached hydrogen (secondary N) is 1. The van der Waals surface area contributed by atoms with Crippen LogP contribution in [0.25, 0.3) is 0 Å². The van der Waals surface area contributed by atoms with Crippen LogP contribution in [-0.2, 0) is 6.54 Å². The van der Waals surface area contributed by atoms with Crippen LogP contribution >= 0.6 is 27.3 Å². The Balaban J connectivity index is 1.57. The third-order valence-electron chi connectivity index (χ3n) is 3.45. The van der Waals surface area contributed by atoms with Crippen LogP contribution in [0.15, 0.2) is 15.9 Å². The molecule has 1 aromatic rings. The first kappa shape index (κ1) is 10.3. The zero-order chi connectivity index (χ0) is 10.3. The number of rotatable bonds is 5. The number of hydrogen-bond donors (Lipinski definition) is 1. The summed E-state index contributed by atoms with van der Waals surface area (Å²) >= 11 is 5.44. The Morgan fingerprint density at radius 2 is 2.00 bits per heavy atom. The van der Waals surface area contributed by atoms with E-state index in [0.29, 0.717) is 0 Å². The zero-order valence-electron chi connectivity index (χ0n) is 8.71. The van der Waals surface area contributed by atoms with E-state index in [9.17, 15) is 0 Å². The van der Waals surface area contributed by atoms with Crippen molar-refractivity contribution in [1.29, 1.82) is 0 Å². The van der Waals surface area contributed by atoms with Gasteiger partial charge in [0.25, 0.3) is 0 Å². The molecule has 2 saturated carbocycles. The molecule has 1 nitrogen and oxygen atoms in total. The molecule has 1 aromatic heterocycles. The maximum absolute atomic E-state index is 3.77. The van der Waals surface area contributed by atoms with Crippen molar-refractivity contribution in [3.63, 3.8) is 0 Å². The van der Waals surface area contributed by atoms with E-state index < -0.39 is 0 Å². The van der Waals surface area contributed by atoms with Crippen LogP contribution < -0.4 is 5.32 Å². The summed E-state index contributed by atoms with van der Waals surface area (Å²) in [6.07, 6.45) is 5.83. The molecule has 15 heavy (non-hydrogen) atoms. The first-order valence-electron chi connectivity index (χ1n) is 5.80. The SMILES string of the molecule is Brc1ccsc1CNC(C1CC1)C1CC1. The van der Waals surface area contributed by atoms with Crippen molar-refractivity contribution in [2.75, 3.05) is 0 Å². The minimum absolute atomic E-state index is 0.819. The van der Waals surface area contributed by atoms with Gasteiger partial charge in [-0.2, -0.15) is 0 Å². The Kier molecular flexibility index (Phi) is 2.88. The standard InChI is InChI=1S/C12H16BrNS/c13-10-5-6-15-11(10)7-14-12(8-1-2-8)9-3-4-9/h5-6,8-9,12,14H,1-4,7H2. The highest BCUT2D eigenvalue weighted by atomic mass is 79.9. The summed E-state index contributed by atoms with van der Waals surface area (Å²) < 4.78 is 1.27. The number of halogens is 1. The van der Waals surface area contributed by atoms with Crippen molar-refractivity contribution in [3.05, 3.63) is 20.8 Å². The maximum Gasteiger partial charge on any atom is 0.0327 e. The van der Waals surface area contributed by atoms with Gasteiger partial charge in [-0.3, -0.25) is 0 Å². The van der Waals surface area contributed by atoms with Crippen LogP contribution in [0, 0.1) is 11.8 Å². The van der Waals surface area contributed by atoms with Gasteiger partial charge in [-0.05, 0) is 64.9 Å². The quantitative estimate of drug-likeness (QED) is 0.868. The monoisotopic (exact) mass is 285 g/mol. The lowest BCUT2D eigenvalue weighted by molar-refractivity contribution is 0.417. The first-order chi connectivity index (χ1) is 7.34. The molecule has 0 spiro atoms. The van der Waals surface area contributed by atoms with Crippen molar-refractivity contribution in [3.8, 4) is 0 Å². The summed E-state index contributed by atoms with van der Waals surface area (Å²) in [7, 11) is 0. The summed E-state index contributed by atoms with van der Waals surface area (Å²) in [5.41, 5.74) is 0. The van der Waals surface area contributed by atoms with Gasteiger partial charge in [-0.25, -0.2) is 0 Å². The van der Waals surface area contributed by atoms with E-state index >= 15 is 0 Å². The maximum atomic E-state index is 3.77. The molecule has 0 aliphatic heterocycles. The summed E-state index contributed by atoms with van der Waals surface area (Å²) in [6.45, 7) is 1.05. The molecule has 2 fully saturated rings. The van der Waals surface area contributed by atoms with Crippen molar-refractivity contribution in [2.24, 2.45) is 11.8 Å². The van der Waals surface area contributed by atoms with Gasteiger partial charge >= 0.3 is 0 Å². The van der Waals surface area contributed by atoms with Crippen LogP contribution in [0.3, 0.4) is 0 Å². The Labute approximate surface area is 103 Å². The molecule has 0 bridgehead atoms. The van der Waals surface area contributed by atoms with E-state index in [2.05, 4.69) is 32.7 Å². The Hall–Kier alpha value is 0.140. The molecule has 3 rings (SSSR count). The van der Waals surface area contributed by atoms with Gasteiger partial charge < -0.3 is 5.32 Å². The second-order valence-corrected chi connectivity index (χ2v) is 6.63. The molecular formula is C12H16BrNS. The molecule has 0 unspecified atom stereocenters. The lowest BCUT2D eigenvalue weighted by Gasteiger charge is -2.17. The van der Waals surface area contributed by atoms with Crippen LogP contribution in [0.5, 0.6) is 0 Å². The predicted octanol–water partition coefficient (Wildman–Crippen LogP) is 3.79. The molecule has 0 aromatic carbocycles. The van der Waals surface area contributed by atoms with Crippen LogP contribution in [0.2, 0.25) is 0 Å². The van der Waals surface area contributed by atoms with E-state index in [0.717, 1.165) is 24.4 Å². The summed E-state index contributed by atoms with van der Waals surface area (Å²) in [5, 5.41) is 5.92. The van der Waals surface area contributed by atoms with Crippen LogP contribution in [0.1, 0.15) is 30.6 Å². The van der Waals surface area contributed by atoms with Gasteiger partial charge in [0.15, 0.2) is 0 Å². The highest BCUT2D eigenvalue weighted by Gasteiger charge is 2.40. The lowest BCUT2D eigenvalue weighted by atomic mass is 10.1. The third-order valence-corrected chi connectivity index (χ3v) is 5.38. The molecule has 2 aliphatic carbocycles.